The summed E-state index contributed by atoms with van der Waals surface area (Å²) >= 11 is 0. The highest BCUT2D eigenvalue weighted by atomic mass is 16.6. The third kappa shape index (κ3) is 2.99. The summed E-state index contributed by atoms with van der Waals surface area (Å²) in [5.41, 5.74) is 2.84. The molecule has 21 heavy (non-hydrogen) atoms. The van der Waals surface area contributed by atoms with Crippen molar-refractivity contribution in [1.29, 1.82) is 0 Å². The molecule has 2 aromatic rings. The van der Waals surface area contributed by atoms with Crippen LogP contribution in [0.25, 0.3) is 0 Å². The van der Waals surface area contributed by atoms with E-state index in [-0.39, 0.29) is 12.7 Å². The number of anilines is 1. The summed E-state index contributed by atoms with van der Waals surface area (Å²) in [7, 11) is 0. The molecule has 0 atom stereocenters. The molecule has 0 aliphatic carbocycles. The van der Waals surface area contributed by atoms with Crippen molar-refractivity contribution in [2.75, 3.05) is 18.1 Å². The van der Waals surface area contributed by atoms with Crippen LogP contribution in [-0.2, 0) is 11.3 Å². The third-order valence-corrected chi connectivity index (χ3v) is 3.40. The molecule has 1 amide bonds. The topological polar surface area (TPSA) is 38.8 Å². The molecule has 0 aromatic heterocycles. The van der Waals surface area contributed by atoms with Gasteiger partial charge in [-0.15, -0.1) is 0 Å². The van der Waals surface area contributed by atoms with E-state index in [4.69, 9.17) is 9.47 Å². The molecular weight excluding hydrogens is 266 g/mol. The van der Waals surface area contributed by atoms with Gasteiger partial charge in [0.25, 0.3) is 0 Å². The zero-order valence-electron chi connectivity index (χ0n) is 11.9. The van der Waals surface area contributed by atoms with Gasteiger partial charge in [0.1, 0.15) is 19.0 Å². The summed E-state index contributed by atoms with van der Waals surface area (Å²) in [6, 6.07) is 15.5. The van der Waals surface area contributed by atoms with Gasteiger partial charge in [0, 0.05) is 0 Å². The summed E-state index contributed by atoms with van der Waals surface area (Å²) in [6.45, 7) is 3.25. The van der Waals surface area contributed by atoms with E-state index in [1.54, 1.807) is 4.90 Å². The highest BCUT2D eigenvalue weighted by Gasteiger charge is 2.24. The molecule has 3 rings (SSSR count). The molecule has 2 aromatic carbocycles. The van der Waals surface area contributed by atoms with E-state index in [0.29, 0.717) is 13.2 Å². The molecule has 0 N–H and O–H groups in total. The number of amides is 1. The second-order valence-electron chi connectivity index (χ2n) is 5.01. The molecule has 1 aliphatic rings. The number of carbonyl (C=O) groups is 1. The molecule has 0 radical (unpaired) electrons. The van der Waals surface area contributed by atoms with Crippen LogP contribution in [0.2, 0.25) is 0 Å². The lowest BCUT2D eigenvalue weighted by Crippen LogP contribution is -2.38. The van der Waals surface area contributed by atoms with Gasteiger partial charge in [0.05, 0.1) is 12.2 Å². The second kappa shape index (κ2) is 5.87. The molecule has 0 bridgehead atoms. The number of rotatable bonds is 2. The number of nitrogens with zero attached hydrogens (tertiary/aromatic N) is 1. The van der Waals surface area contributed by atoms with Gasteiger partial charge in [-0.05, 0) is 30.2 Å². The summed E-state index contributed by atoms with van der Waals surface area (Å²) < 4.78 is 11.0. The molecule has 1 heterocycles. The smallest absolute Gasteiger partial charge is 0.414 e. The van der Waals surface area contributed by atoms with E-state index in [2.05, 4.69) is 0 Å². The number of aryl methyl sites for hydroxylation is 1. The first kappa shape index (κ1) is 13.5. The van der Waals surface area contributed by atoms with Gasteiger partial charge in [0.15, 0.2) is 0 Å². The molecule has 0 unspecified atom stereocenters. The van der Waals surface area contributed by atoms with E-state index in [9.17, 15) is 4.79 Å². The van der Waals surface area contributed by atoms with Crippen LogP contribution in [-0.4, -0.2) is 19.2 Å². The van der Waals surface area contributed by atoms with Crippen molar-refractivity contribution in [3.8, 4) is 5.75 Å². The molecule has 1 aliphatic heterocycles. The van der Waals surface area contributed by atoms with Gasteiger partial charge in [-0.2, -0.15) is 0 Å². The molecule has 108 valence electrons. The first-order valence-corrected chi connectivity index (χ1v) is 6.96. The maximum atomic E-state index is 12.3. The molecule has 4 nitrogen and oxygen atoms in total. The number of hydrogen-bond acceptors (Lipinski definition) is 3. The van der Waals surface area contributed by atoms with Crippen LogP contribution in [0.3, 0.4) is 0 Å². The fraction of sp³-hybridized carbons (Fsp3) is 0.235. The number of benzene rings is 2. The third-order valence-electron chi connectivity index (χ3n) is 3.40. The zero-order valence-corrected chi connectivity index (χ0v) is 11.9. The quantitative estimate of drug-likeness (QED) is 0.846. The number of carbonyl (C=O) groups excluding carboxylic acids is 1. The van der Waals surface area contributed by atoms with Crippen LogP contribution >= 0.6 is 0 Å². The highest BCUT2D eigenvalue weighted by molar-refractivity contribution is 5.90. The normalized spacial score (nSPS) is 13.3. The van der Waals surface area contributed by atoms with Crippen LogP contribution in [0.1, 0.15) is 11.1 Å². The minimum Gasteiger partial charge on any atom is -0.490 e. The van der Waals surface area contributed by atoms with Gasteiger partial charge < -0.3 is 9.47 Å². The minimum atomic E-state index is -0.339. The average Bonchev–Trinajstić information content (AvgIpc) is 2.53. The van der Waals surface area contributed by atoms with Crippen molar-refractivity contribution < 1.29 is 14.3 Å². The van der Waals surface area contributed by atoms with Crippen molar-refractivity contribution in [2.24, 2.45) is 0 Å². The number of hydrogen-bond donors (Lipinski definition) is 0. The lowest BCUT2D eigenvalue weighted by molar-refractivity contribution is 0.144. The molecule has 4 heteroatoms. The van der Waals surface area contributed by atoms with E-state index in [1.807, 2.05) is 55.5 Å². The Morgan fingerprint density at radius 3 is 2.86 bits per heavy atom. The standard InChI is InChI=1S/C17H17NO3/c1-13-7-8-16-15(11-13)18(9-10-20-16)17(19)21-12-14-5-3-2-4-6-14/h2-8,11H,9-10,12H2,1H3. The van der Waals surface area contributed by atoms with Gasteiger partial charge in [-0.25, -0.2) is 4.79 Å². The Hall–Kier alpha value is -2.49. The van der Waals surface area contributed by atoms with Crippen LogP contribution in [0.5, 0.6) is 5.75 Å². The van der Waals surface area contributed by atoms with Gasteiger partial charge in [-0.3, -0.25) is 4.90 Å². The lowest BCUT2D eigenvalue weighted by Gasteiger charge is -2.29. The molecule has 0 fully saturated rings. The first-order chi connectivity index (χ1) is 10.2. The summed E-state index contributed by atoms with van der Waals surface area (Å²) in [5, 5.41) is 0. The lowest BCUT2D eigenvalue weighted by atomic mass is 10.2. The highest BCUT2D eigenvalue weighted by Crippen LogP contribution is 2.32. The predicted molar refractivity (Wildman–Crippen MR) is 80.6 cm³/mol. The van der Waals surface area contributed by atoms with Crippen molar-refractivity contribution in [2.45, 2.75) is 13.5 Å². The molecule has 0 saturated heterocycles. The Bertz CT molecular complexity index is 640. The average molecular weight is 283 g/mol. The maximum absolute atomic E-state index is 12.3. The Morgan fingerprint density at radius 2 is 2.05 bits per heavy atom. The Balaban J connectivity index is 1.73. The number of fused-ring (bicyclic) bond motifs is 1. The van der Waals surface area contributed by atoms with Crippen molar-refractivity contribution in [3.63, 3.8) is 0 Å². The van der Waals surface area contributed by atoms with Crippen LogP contribution < -0.4 is 9.64 Å². The summed E-state index contributed by atoms with van der Waals surface area (Å²) in [6.07, 6.45) is -0.339. The predicted octanol–water partition coefficient (Wildman–Crippen LogP) is 3.53. The van der Waals surface area contributed by atoms with Gasteiger partial charge in [0.2, 0.25) is 0 Å². The second-order valence-corrected chi connectivity index (χ2v) is 5.01. The zero-order chi connectivity index (χ0) is 14.7. The maximum Gasteiger partial charge on any atom is 0.414 e. The molecule has 0 saturated carbocycles. The van der Waals surface area contributed by atoms with Crippen LogP contribution in [0.15, 0.2) is 48.5 Å². The van der Waals surface area contributed by atoms with E-state index in [1.165, 1.54) is 0 Å². The van der Waals surface area contributed by atoms with E-state index in [0.717, 1.165) is 22.6 Å². The van der Waals surface area contributed by atoms with Crippen molar-refractivity contribution in [3.05, 3.63) is 59.7 Å². The van der Waals surface area contributed by atoms with Gasteiger partial charge >= 0.3 is 6.09 Å². The minimum absolute atomic E-state index is 0.276. The SMILES string of the molecule is Cc1ccc2c(c1)N(C(=O)OCc1ccccc1)CCO2. The van der Waals surface area contributed by atoms with E-state index >= 15 is 0 Å². The fourth-order valence-electron chi connectivity index (χ4n) is 2.31. The van der Waals surface area contributed by atoms with Crippen LogP contribution in [0.4, 0.5) is 10.5 Å². The Labute approximate surface area is 123 Å². The largest absolute Gasteiger partial charge is 0.490 e. The molecular formula is C17H17NO3. The monoisotopic (exact) mass is 283 g/mol. The van der Waals surface area contributed by atoms with Crippen molar-refractivity contribution in [1.82, 2.24) is 0 Å². The fourth-order valence-corrected chi connectivity index (χ4v) is 2.31. The molecule has 0 spiro atoms. The van der Waals surface area contributed by atoms with Crippen molar-refractivity contribution >= 4 is 11.8 Å². The summed E-state index contributed by atoms with van der Waals surface area (Å²) in [5.74, 6) is 0.725. The number of ether oxygens (including phenoxy) is 2. The summed E-state index contributed by atoms with van der Waals surface area (Å²) in [4.78, 5) is 13.9. The van der Waals surface area contributed by atoms with Gasteiger partial charge in [-0.1, -0.05) is 36.4 Å². The first-order valence-electron chi connectivity index (χ1n) is 6.96. The van der Waals surface area contributed by atoms with Crippen LogP contribution in [0, 0.1) is 6.92 Å². The Kier molecular flexibility index (Phi) is 3.77. The Morgan fingerprint density at radius 1 is 1.24 bits per heavy atom. The van der Waals surface area contributed by atoms with E-state index < -0.39 is 0 Å².